The molecule has 0 aromatic heterocycles. The summed E-state index contributed by atoms with van der Waals surface area (Å²) in [7, 11) is -4.18. The first-order chi connectivity index (χ1) is 14.1. The SMILES string of the molecule is COP(=O)(OC)C(CCO[Si](c1ccccc1)(c1ccccc1)C(C)(C)C)C(=O)O. The van der Waals surface area contributed by atoms with Crippen molar-refractivity contribution >= 4 is 32.3 Å². The molecule has 0 saturated carbocycles. The van der Waals surface area contributed by atoms with Crippen molar-refractivity contribution in [2.75, 3.05) is 20.8 Å². The maximum Gasteiger partial charge on any atom is 0.344 e. The van der Waals surface area contributed by atoms with Gasteiger partial charge in [-0.3, -0.25) is 9.36 Å². The third-order valence-electron chi connectivity index (χ3n) is 5.30. The zero-order valence-corrected chi connectivity index (χ0v) is 20.1. The van der Waals surface area contributed by atoms with Crippen molar-refractivity contribution in [1.82, 2.24) is 0 Å². The molecule has 2 aromatic carbocycles. The van der Waals surface area contributed by atoms with Crippen LogP contribution in [0.2, 0.25) is 5.04 Å². The van der Waals surface area contributed by atoms with Crippen LogP contribution in [0.15, 0.2) is 60.7 Å². The van der Waals surface area contributed by atoms with E-state index >= 15 is 0 Å². The molecule has 1 N–H and O–H groups in total. The Kier molecular flexibility index (Phi) is 8.19. The fourth-order valence-corrected chi connectivity index (χ4v) is 9.76. The Labute approximate surface area is 179 Å². The lowest BCUT2D eigenvalue weighted by Gasteiger charge is -2.43. The van der Waals surface area contributed by atoms with Crippen LogP contribution in [0.25, 0.3) is 0 Å². The smallest absolute Gasteiger partial charge is 0.344 e. The van der Waals surface area contributed by atoms with Crippen LogP contribution in [-0.4, -0.2) is 45.9 Å². The van der Waals surface area contributed by atoms with E-state index in [9.17, 15) is 14.5 Å². The van der Waals surface area contributed by atoms with Gasteiger partial charge in [0.05, 0.1) is 0 Å². The highest BCUT2D eigenvalue weighted by Crippen LogP contribution is 2.53. The van der Waals surface area contributed by atoms with Gasteiger partial charge in [0.15, 0.2) is 5.66 Å². The number of carboxylic acids is 1. The molecule has 1 atom stereocenters. The highest BCUT2D eigenvalue weighted by molar-refractivity contribution is 7.55. The number of aliphatic carboxylic acids is 1. The van der Waals surface area contributed by atoms with Gasteiger partial charge < -0.3 is 18.6 Å². The Bertz CT molecular complexity index is 819. The van der Waals surface area contributed by atoms with Crippen molar-refractivity contribution < 1.29 is 27.9 Å². The molecule has 0 radical (unpaired) electrons. The number of benzene rings is 2. The molecular weight excluding hydrogens is 419 g/mol. The van der Waals surface area contributed by atoms with E-state index < -0.39 is 27.5 Å². The predicted octanol–water partition coefficient (Wildman–Crippen LogP) is 3.89. The van der Waals surface area contributed by atoms with E-state index in [1.54, 1.807) is 0 Å². The van der Waals surface area contributed by atoms with Gasteiger partial charge in [-0.25, -0.2) is 0 Å². The van der Waals surface area contributed by atoms with Crippen molar-refractivity contribution in [2.45, 2.75) is 37.9 Å². The predicted molar refractivity (Wildman–Crippen MR) is 121 cm³/mol. The second-order valence-electron chi connectivity index (χ2n) is 8.06. The van der Waals surface area contributed by atoms with Crippen LogP contribution in [0.3, 0.4) is 0 Å². The molecule has 0 amide bonds. The minimum absolute atomic E-state index is 0.0127. The molecule has 0 heterocycles. The van der Waals surface area contributed by atoms with E-state index in [1.165, 1.54) is 14.2 Å². The van der Waals surface area contributed by atoms with Crippen LogP contribution < -0.4 is 10.4 Å². The lowest BCUT2D eigenvalue weighted by Crippen LogP contribution is -2.66. The molecule has 8 heteroatoms. The van der Waals surface area contributed by atoms with Crippen LogP contribution in [0.4, 0.5) is 0 Å². The topological polar surface area (TPSA) is 82.1 Å². The highest BCUT2D eigenvalue weighted by Gasteiger charge is 2.50. The fourth-order valence-electron chi connectivity index (χ4n) is 3.83. The van der Waals surface area contributed by atoms with Crippen molar-refractivity contribution in [3.63, 3.8) is 0 Å². The first-order valence-electron chi connectivity index (χ1n) is 9.81. The van der Waals surface area contributed by atoms with Crippen LogP contribution >= 0.6 is 7.60 Å². The Morgan fingerprint density at radius 1 is 0.967 bits per heavy atom. The summed E-state index contributed by atoms with van der Waals surface area (Å²) in [4.78, 5) is 11.8. The number of rotatable bonds is 10. The Hall–Kier alpha value is -1.76. The largest absolute Gasteiger partial charge is 0.481 e. The summed E-state index contributed by atoms with van der Waals surface area (Å²) in [6.07, 6.45) is 0.0127. The van der Waals surface area contributed by atoms with Crippen molar-refractivity contribution in [3.8, 4) is 0 Å². The van der Waals surface area contributed by atoms with Crippen molar-refractivity contribution in [2.24, 2.45) is 0 Å². The fraction of sp³-hybridized carbons (Fsp3) is 0.409. The summed E-state index contributed by atoms with van der Waals surface area (Å²) in [5.41, 5.74) is -1.30. The molecule has 30 heavy (non-hydrogen) atoms. The van der Waals surface area contributed by atoms with Crippen molar-refractivity contribution in [3.05, 3.63) is 60.7 Å². The zero-order valence-electron chi connectivity index (χ0n) is 18.2. The molecule has 0 aliphatic carbocycles. The van der Waals surface area contributed by atoms with Crippen LogP contribution in [-0.2, 0) is 22.8 Å². The van der Waals surface area contributed by atoms with Crippen LogP contribution in [0, 0.1) is 0 Å². The van der Waals surface area contributed by atoms with Gasteiger partial charge in [0.2, 0.25) is 0 Å². The molecule has 2 rings (SSSR count). The zero-order chi connectivity index (χ0) is 22.4. The average molecular weight is 451 g/mol. The summed E-state index contributed by atoms with van der Waals surface area (Å²) in [5.74, 6) is -1.23. The van der Waals surface area contributed by atoms with Gasteiger partial charge in [-0.15, -0.1) is 0 Å². The molecule has 0 aliphatic heterocycles. The van der Waals surface area contributed by atoms with E-state index in [2.05, 4.69) is 45.0 Å². The van der Waals surface area contributed by atoms with E-state index in [0.717, 1.165) is 10.4 Å². The summed E-state index contributed by atoms with van der Waals surface area (Å²) in [5, 5.41) is 11.6. The molecule has 0 saturated heterocycles. The maximum atomic E-state index is 12.7. The van der Waals surface area contributed by atoms with Gasteiger partial charge in [0, 0.05) is 20.8 Å². The standard InChI is InChI=1S/C22H31O6PSi/c1-22(2,3)30(18-12-8-6-9-13-18,19-14-10-7-11-15-19)28-17-16-20(21(23)24)29(25,26-4)27-5/h6-15,20H,16-17H2,1-5H3,(H,23,24). The normalized spacial score (nSPS) is 13.8. The summed E-state index contributed by atoms with van der Waals surface area (Å²) < 4.78 is 29.3. The molecule has 6 nitrogen and oxygen atoms in total. The second-order valence-corrected chi connectivity index (χ2v) is 14.8. The van der Waals surface area contributed by atoms with Crippen LogP contribution in [0.1, 0.15) is 27.2 Å². The summed E-state index contributed by atoms with van der Waals surface area (Å²) in [6, 6.07) is 20.1. The van der Waals surface area contributed by atoms with Gasteiger partial charge in [0.1, 0.15) is 0 Å². The Morgan fingerprint density at radius 3 is 1.73 bits per heavy atom. The Balaban J connectivity index is 2.47. The molecule has 1 unspecified atom stereocenters. The minimum atomic E-state index is -3.78. The Morgan fingerprint density at radius 2 is 1.40 bits per heavy atom. The average Bonchev–Trinajstić information content (AvgIpc) is 2.73. The lowest BCUT2D eigenvalue weighted by atomic mass is 10.2. The molecule has 0 aliphatic rings. The molecule has 2 aromatic rings. The minimum Gasteiger partial charge on any atom is -0.481 e. The summed E-state index contributed by atoms with van der Waals surface area (Å²) >= 11 is 0. The molecular formula is C22H31O6PSi. The third kappa shape index (κ3) is 4.93. The third-order valence-corrected chi connectivity index (χ3v) is 12.6. The van der Waals surface area contributed by atoms with E-state index in [-0.39, 0.29) is 18.1 Å². The van der Waals surface area contributed by atoms with E-state index in [4.69, 9.17) is 13.5 Å². The monoisotopic (exact) mass is 450 g/mol. The maximum absolute atomic E-state index is 12.7. The van der Waals surface area contributed by atoms with Gasteiger partial charge in [-0.2, -0.15) is 0 Å². The van der Waals surface area contributed by atoms with Crippen LogP contribution in [0.5, 0.6) is 0 Å². The highest BCUT2D eigenvalue weighted by atomic mass is 31.2. The quantitative estimate of drug-likeness (QED) is 0.437. The second kappa shape index (κ2) is 10.0. The van der Waals surface area contributed by atoms with E-state index in [0.29, 0.717) is 0 Å². The number of carbonyl (C=O) groups is 1. The molecule has 0 spiro atoms. The molecule has 164 valence electrons. The van der Waals surface area contributed by atoms with Gasteiger partial charge in [-0.05, 0) is 21.8 Å². The van der Waals surface area contributed by atoms with Gasteiger partial charge >= 0.3 is 13.6 Å². The van der Waals surface area contributed by atoms with E-state index in [1.807, 2.05) is 36.4 Å². The number of hydrogen-bond acceptors (Lipinski definition) is 5. The van der Waals surface area contributed by atoms with Gasteiger partial charge in [0.25, 0.3) is 8.32 Å². The first-order valence-corrected chi connectivity index (χ1v) is 13.3. The molecule has 0 bridgehead atoms. The van der Waals surface area contributed by atoms with Crippen molar-refractivity contribution in [1.29, 1.82) is 0 Å². The first kappa shape index (κ1) is 24.5. The lowest BCUT2D eigenvalue weighted by molar-refractivity contribution is -0.137. The summed E-state index contributed by atoms with van der Waals surface area (Å²) in [6.45, 7) is 6.54. The van der Waals surface area contributed by atoms with Gasteiger partial charge in [-0.1, -0.05) is 81.4 Å². The molecule has 0 fully saturated rings. The number of hydrogen-bond donors (Lipinski definition) is 1. The number of carboxylic acid groups (broad SMARTS) is 1.